The maximum Gasteiger partial charge on any atom is 0.317 e. The number of carbonyl (C=O) groups excluding carboxylic acids is 1. The normalized spacial score (nSPS) is 19.7. The summed E-state index contributed by atoms with van der Waals surface area (Å²) < 4.78 is 0. The minimum Gasteiger partial charge on any atom is -0.480 e. The lowest BCUT2D eigenvalue weighted by molar-refractivity contribution is -0.139. The first-order chi connectivity index (χ1) is 11.4. The SMILES string of the molecule is CCN(CC(=O)O)C1CC(NC(=O)NCc2ccc(Cl)cc2Cl)C1. The lowest BCUT2D eigenvalue weighted by Gasteiger charge is -2.42. The van der Waals surface area contributed by atoms with Crippen LogP contribution in [0.4, 0.5) is 4.79 Å². The number of urea groups is 1. The van der Waals surface area contributed by atoms with Gasteiger partial charge in [-0.2, -0.15) is 0 Å². The van der Waals surface area contributed by atoms with Crippen LogP contribution >= 0.6 is 23.2 Å². The maximum absolute atomic E-state index is 11.9. The van der Waals surface area contributed by atoms with Crippen LogP contribution in [0.25, 0.3) is 0 Å². The lowest BCUT2D eigenvalue weighted by Crippen LogP contribution is -2.56. The monoisotopic (exact) mass is 373 g/mol. The highest BCUT2D eigenvalue weighted by Gasteiger charge is 2.34. The fraction of sp³-hybridized carbons (Fsp3) is 0.500. The van der Waals surface area contributed by atoms with E-state index >= 15 is 0 Å². The number of likely N-dealkylation sites (N-methyl/N-ethyl adjacent to an activating group) is 1. The molecule has 0 heterocycles. The van der Waals surface area contributed by atoms with Gasteiger partial charge in [0.15, 0.2) is 0 Å². The van der Waals surface area contributed by atoms with Gasteiger partial charge in [0.1, 0.15) is 0 Å². The Morgan fingerprint density at radius 3 is 2.62 bits per heavy atom. The number of hydrogen-bond donors (Lipinski definition) is 3. The summed E-state index contributed by atoms with van der Waals surface area (Å²) in [4.78, 5) is 24.6. The molecule has 0 aliphatic heterocycles. The summed E-state index contributed by atoms with van der Waals surface area (Å²) in [7, 11) is 0. The molecular formula is C16H21Cl2N3O3. The molecule has 0 aromatic heterocycles. The van der Waals surface area contributed by atoms with Gasteiger partial charge in [-0.15, -0.1) is 0 Å². The van der Waals surface area contributed by atoms with Gasteiger partial charge in [0, 0.05) is 28.7 Å². The summed E-state index contributed by atoms with van der Waals surface area (Å²) in [6.07, 6.45) is 1.52. The van der Waals surface area contributed by atoms with Gasteiger partial charge in [0.05, 0.1) is 6.54 Å². The Balaban J connectivity index is 1.72. The van der Waals surface area contributed by atoms with Crippen molar-refractivity contribution in [2.75, 3.05) is 13.1 Å². The highest BCUT2D eigenvalue weighted by Crippen LogP contribution is 2.25. The fourth-order valence-corrected chi connectivity index (χ4v) is 3.23. The molecule has 1 aromatic carbocycles. The molecule has 0 bridgehead atoms. The quantitative estimate of drug-likeness (QED) is 0.686. The number of carboxylic acids is 1. The largest absolute Gasteiger partial charge is 0.480 e. The molecule has 1 aromatic rings. The van der Waals surface area contributed by atoms with Crippen molar-refractivity contribution >= 4 is 35.2 Å². The number of benzene rings is 1. The van der Waals surface area contributed by atoms with Crippen molar-refractivity contribution in [3.05, 3.63) is 33.8 Å². The molecule has 8 heteroatoms. The molecule has 0 atom stereocenters. The van der Waals surface area contributed by atoms with Crippen LogP contribution < -0.4 is 10.6 Å². The van der Waals surface area contributed by atoms with Crippen molar-refractivity contribution in [1.29, 1.82) is 0 Å². The fourth-order valence-electron chi connectivity index (χ4n) is 2.75. The van der Waals surface area contributed by atoms with Crippen molar-refractivity contribution in [3.8, 4) is 0 Å². The van der Waals surface area contributed by atoms with Gasteiger partial charge in [-0.3, -0.25) is 9.69 Å². The van der Waals surface area contributed by atoms with E-state index < -0.39 is 5.97 Å². The van der Waals surface area contributed by atoms with Crippen molar-refractivity contribution in [1.82, 2.24) is 15.5 Å². The number of amides is 2. The highest BCUT2D eigenvalue weighted by atomic mass is 35.5. The maximum atomic E-state index is 11.9. The summed E-state index contributed by atoms with van der Waals surface area (Å²) >= 11 is 11.9. The molecule has 1 aliphatic carbocycles. The highest BCUT2D eigenvalue weighted by molar-refractivity contribution is 6.35. The zero-order valence-corrected chi connectivity index (χ0v) is 14.9. The van der Waals surface area contributed by atoms with Crippen molar-refractivity contribution in [2.45, 2.75) is 38.4 Å². The van der Waals surface area contributed by atoms with E-state index in [9.17, 15) is 9.59 Å². The smallest absolute Gasteiger partial charge is 0.317 e. The molecule has 2 rings (SSSR count). The average Bonchev–Trinajstić information content (AvgIpc) is 2.47. The Morgan fingerprint density at radius 2 is 2.04 bits per heavy atom. The molecule has 1 saturated carbocycles. The van der Waals surface area contributed by atoms with Crippen LogP contribution in [0.1, 0.15) is 25.3 Å². The van der Waals surface area contributed by atoms with Gasteiger partial charge in [0.25, 0.3) is 0 Å². The second kappa shape index (κ2) is 8.55. The van der Waals surface area contributed by atoms with E-state index in [0.717, 1.165) is 18.4 Å². The molecule has 0 saturated heterocycles. The Labute approximate surface area is 151 Å². The molecule has 3 N–H and O–H groups in total. The van der Waals surface area contributed by atoms with Crippen LogP contribution in [0.5, 0.6) is 0 Å². The summed E-state index contributed by atoms with van der Waals surface area (Å²) in [6, 6.07) is 5.15. The lowest BCUT2D eigenvalue weighted by atomic mass is 9.85. The van der Waals surface area contributed by atoms with E-state index in [1.807, 2.05) is 11.8 Å². The molecule has 6 nitrogen and oxygen atoms in total. The molecule has 1 fully saturated rings. The summed E-state index contributed by atoms with van der Waals surface area (Å²) in [5, 5.41) is 15.6. The van der Waals surface area contributed by atoms with Crippen LogP contribution in [0, 0.1) is 0 Å². The average molecular weight is 374 g/mol. The van der Waals surface area contributed by atoms with Crippen LogP contribution in [0.15, 0.2) is 18.2 Å². The van der Waals surface area contributed by atoms with Crippen molar-refractivity contribution in [2.24, 2.45) is 0 Å². The van der Waals surface area contributed by atoms with E-state index in [2.05, 4.69) is 10.6 Å². The van der Waals surface area contributed by atoms with Gasteiger partial charge < -0.3 is 15.7 Å². The van der Waals surface area contributed by atoms with Gasteiger partial charge in [-0.1, -0.05) is 36.2 Å². The standard InChI is InChI=1S/C16H21Cl2N3O3/c1-2-21(9-15(22)23)13-6-12(7-13)20-16(24)19-8-10-3-4-11(17)5-14(10)18/h3-5,12-13H,2,6-9H2,1H3,(H,22,23)(H2,19,20,24). The molecule has 2 amide bonds. The van der Waals surface area contributed by atoms with Crippen LogP contribution in [-0.2, 0) is 11.3 Å². The first-order valence-corrected chi connectivity index (χ1v) is 8.58. The first kappa shape index (κ1) is 18.8. The molecule has 0 radical (unpaired) electrons. The Kier molecular flexibility index (Phi) is 6.71. The molecule has 0 unspecified atom stereocenters. The number of halogens is 2. The first-order valence-electron chi connectivity index (χ1n) is 7.83. The Hall–Kier alpha value is -1.50. The summed E-state index contributed by atoms with van der Waals surface area (Å²) in [5.41, 5.74) is 0.793. The summed E-state index contributed by atoms with van der Waals surface area (Å²) in [6.45, 7) is 2.98. The van der Waals surface area contributed by atoms with Crippen LogP contribution in [0.3, 0.4) is 0 Å². The molecule has 0 spiro atoms. The Bertz CT molecular complexity index is 606. The van der Waals surface area contributed by atoms with E-state index in [4.69, 9.17) is 28.3 Å². The summed E-state index contributed by atoms with van der Waals surface area (Å²) in [5.74, 6) is -0.828. The predicted octanol–water partition coefficient (Wildman–Crippen LogP) is 2.73. The van der Waals surface area contributed by atoms with E-state index in [0.29, 0.717) is 23.1 Å². The number of aliphatic carboxylic acids is 1. The minimum atomic E-state index is -0.828. The van der Waals surface area contributed by atoms with Crippen molar-refractivity contribution in [3.63, 3.8) is 0 Å². The number of rotatable bonds is 7. The second-order valence-electron chi connectivity index (χ2n) is 5.84. The van der Waals surface area contributed by atoms with E-state index in [1.54, 1.807) is 18.2 Å². The minimum absolute atomic E-state index is 0.0369. The molecule has 1 aliphatic rings. The van der Waals surface area contributed by atoms with E-state index in [1.165, 1.54) is 0 Å². The third kappa shape index (κ3) is 5.26. The predicted molar refractivity (Wildman–Crippen MR) is 93.5 cm³/mol. The Morgan fingerprint density at radius 1 is 1.33 bits per heavy atom. The number of carbonyl (C=O) groups is 2. The zero-order valence-electron chi connectivity index (χ0n) is 13.4. The van der Waals surface area contributed by atoms with Gasteiger partial charge in [-0.05, 0) is 37.1 Å². The molecule has 132 valence electrons. The van der Waals surface area contributed by atoms with E-state index in [-0.39, 0.29) is 24.7 Å². The number of nitrogens with one attached hydrogen (secondary N) is 2. The van der Waals surface area contributed by atoms with Gasteiger partial charge in [0.2, 0.25) is 0 Å². The van der Waals surface area contributed by atoms with Gasteiger partial charge >= 0.3 is 12.0 Å². The number of nitrogens with zero attached hydrogens (tertiary/aromatic N) is 1. The topological polar surface area (TPSA) is 81.7 Å². The molecule has 24 heavy (non-hydrogen) atoms. The van der Waals surface area contributed by atoms with Crippen LogP contribution in [-0.4, -0.2) is 47.2 Å². The van der Waals surface area contributed by atoms with Crippen LogP contribution in [0.2, 0.25) is 10.0 Å². The van der Waals surface area contributed by atoms with Crippen molar-refractivity contribution < 1.29 is 14.7 Å². The third-order valence-corrected chi connectivity index (χ3v) is 4.75. The van der Waals surface area contributed by atoms with Gasteiger partial charge in [-0.25, -0.2) is 4.79 Å². The number of carboxylic acid groups (broad SMARTS) is 1. The third-order valence-electron chi connectivity index (χ3n) is 4.16. The second-order valence-corrected chi connectivity index (χ2v) is 6.69. The zero-order chi connectivity index (χ0) is 17.7. The molecular weight excluding hydrogens is 353 g/mol. The number of hydrogen-bond acceptors (Lipinski definition) is 3.